The van der Waals surface area contributed by atoms with Gasteiger partial charge in [-0.15, -0.1) is 11.3 Å². The Morgan fingerprint density at radius 3 is 2.13 bits per heavy atom. The third-order valence-electron chi connectivity index (χ3n) is 7.91. The molecule has 0 saturated heterocycles. The molecule has 2 heterocycles. The summed E-state index contributed by atoms with van der Waals surface area (Å²) in [5.41, 5.74) is 11.9. The molecule has 5 rings (SSSR count). The Balaban J connectivity index is 1.68. The molecule has 0 amide bonds. The van der Waals surface area contributed by atoms with Crippen molar-refractivity contribution in [2.45, 2.75) is 53.9 Å². The number of allylic oxidation sites excluding steroid dienone is 1. The Morgan fingerprint density at radius 2 is 1.50 bits per heavy atom. The summed E-state index contributed by atoms with van der Waals surface area (Å²) in [4.78, 5) is 9.35. The molecule has 38 heavy (non-hydrogen) atoms. The van der Waals surface area contributed by atoms with Gasteiger partial charge in [0, 0.05) is 38.3 Å². The molecule has 0 fully saturated rings. The Hall–Kier alpha value is -4.19. The van der Waals surface area contributed by atoms with Crippen LogP contribution >= 0.6 is 11.3 Å². The highest BCUT2D eigenvalue weighted by Crippen LogP contribution is 2.53. The second-order valence-electron chi connectivity index (χ2n) is 10.7. The second-order valence-corrected chi connectivity index (χ2v) is 11.8. The predicted octanol–water partition coefficient (Wildman–Crippen LogP) is 8.89. The number of aryl methyl sites for hydroxylation is 4. The number of anilines is 3. The normalized spacial score (nSPS) is 12.8. The van der Waals surface area contributed by atoms with Crippen LogP contribution < -0.4 is 4.90 Å². The van der Waals surface area contributed by atoms with E-state index >= 15 is 0 Å². The summed E-state index contributed by atoms with van der Waals surface area (Å²) < 4.78 is 0. The number of rotatable bonds is 4. The molecule has 1 aliphatic carbocycles. The van der Waals surface area contributed by atoms with Crippen LogP contribution in [0.2, 0.25) is 0 Å². The van der Waals surface area contributed by atoms with Crippen LogP contribution in [-0.4, -0.2) is 4.98 Å². The fourth-order valence-corrected chi connectivity index (χ4v) is 6.49. The lowest BCUT2D eigenvalue weighted by Crippen LogP contribution is -2.17. The average Bonchev–Trinajstić information content (AvgIpc) is 3.40. The number of hydrogen-bond donors (Lipinski definition) is 0. The molecule has 4 nitrogen and oxygen atoms in total. The van der Waals surface area contributed by atoms with Gasteiger partial charge in [0.15, 0.2) is 0 Å². The van der Waals surface area contributed by atoms with Gasteiger partial charge in [-0.1, -0.05) is 19.9 Å². The van der Waals surface area contributed by atoms with Crippen molar-refractivity contribution in [2.75, 3.05) is 4.90 Å². The first-order valence-corrected chi connectivity index (χ1v) is 13.5. The van der Waals surface area contributed by atoms with Gasteiger partial charge in [0.1, 0.15) is 23.5 Å². The highest BCUT2D eigenvalue weighted by atomic mass is 32.1. The summed E-state index contributed by atoms with van der Waals surface area (Å²) in [6.07, 6.45) is 3.66. The van der Waals surface area contributed by atoms with E-state index in [4.69, 9.17) is 4.98 Å². The number of hydrogen-bond acceptors (Lipinski definition) is 5. The van der Waals surface area contributed by atoms with Gasteiger partial charge in [-0.25, -0.2) is 4.98 Å². The Morgan fingerprint density at radius 1 is 0.842 bits per heavy atom. The van der Waals surface area contributed by atoms with Crippen molar-refractivity contribution in [1.82, 2.24) is 4.98 Å². The molecule has 5 heteroatoms. The molecular weight excluding hydrogens is 484 g/mol. The van der Waals surface area contributed by atoms with Gasteiger partial charge in [0.2, 0.25) is 0 Å². The molecule has 0 unspecified atom stereocenters. The summed E-state index contributed by atoms with van der Waals surface area (Å²) in [5.74, 6) is 0.884. The van der Waals surface area contributed by atoms with Crippen LogP contribution in [0.25, 0.3) is 16.5 Å². The second kappa shape index (κ2) is 9.28. The van der Waals surface area contributed by atoms with E-state index in [1.54, 1.807) is 17.4 Å². The quantitative estimate of drug-likeness (QED) is 0.255. The molecule has 0 bridgehead atoms. The maximum atomic E-state index is 9.20. The standard InChI is InChI=1S/C33H30N4S/c1-19-8-9-25(10-20(19)2)37(26-11-21(3)23(5)22(4)12-26)31-15-29-28(18-36-31)32-30(33(29,6)7)14-27(38-32)13-24(16-34)17-35/h8-15,18H,1-7H3. The Labute approximate surface area is 229 Å². The maximum absolute atomic E-state index is 9.20. The minimum absolute atomic E-state index is 0.115. The van der Waals surface area contributed by atoms with E-state index in [0.29, 0.717) is 0 Å². The molecule has 0 aliphatic heterocycles. The van der Waals surface area contributed by atoms with Crippen LogP contribution in [0.15, 0.2) is 54.2 Å². The first-order chi connectivity index (χ1) is 18.0. The fourth-order valence-electron chi connectivity index (χ4n) is 5.21. The van der Waals surface area contributed by atoms with E-state index in [1.165, 1.54) is 38.9 Å². The molecule has 0 saturated carbocycles. The number of nitrogens with zero attached hydrogens (tertiary/aromatic N) is 4. The van der Waals surface area contributed by atoms with Gasteiger partial charge in [0.25, 0.3) is 0 Å². The predicted molar refractivity (Wildman–Crippen MR) is 157 cm³/mol. The molecule has 4 aromatic rings. The van der Waals surface area contributed by atoms with E-state index in [2.05, 4.69) is 95.8 Å². The van der Waals surface area contributed by atoms with E-state index in [-0.39, 0.29) is 11.0 Å². The third-order valence-corrected chi connectivity index (χ3v) is 9.02. The minimum Gasteiger partial charge on any atom is -0.295 e. The summed E-state index contributed by atoms with van der Waals surface area (Å²) in [5, 5.41) is 18.4. The van der Waals surface area contributed by atoms with Gasteiger partial charge in [0.05, 0.1) is 0 Å². The zero-order valence-electron chi connectivity index (χ0n) is 22.9. The number of benzene rings is 2. The van der Waals surface area contributed by atoms with Gasteiger partial charge in [-0.2, -0.15) is 10.5 Å². The molecule has 0 radical (unpaired) electrons. The number of pyridine rings is 1. The minimum atomic E-state index is -0.238. The first kappa shape index (κ1) is 25.5. The van der Waals surface area contributed by atoms with Crippen molar-refractivity contribution in [3.8, 4) is 22.6 Å². The molecule has 1 aliphatic rings. The highest BCUT2D eigenvalue weighted by Gasteiger charge is 2.38. The molecule has 2 aromatic carbocycles. The van der Waals surface area contributed by atoms with E-state index in [9.17, 15) is 10.5 Å². The van der Waals surface area contributed by atoms with Crippen molar-refractivity contribution in [3.05, 3.63) is 98.1 Å². The van der Waals surface area contributed by atoms with Crippen molar-refractivity contribution in [1.29, 1.82) is 10.5 Å². The number of fused-ring (bicyclic) bond motifs is 3. The SMILES string of the molecule is Cc1ccc(N(c2cc(C)c(C)c(C)c2)c2cc3c(cn2)-c2sc(C=C(C#N)C#N)cc2C3(C)C)cc1C. The first-order valence-electron chi connectivity index (χ1n) is 12.7. The lowest BCUT2D eigenvalue weighted by atomic mass is 9.83. The van der Waals surface area contributed by atoms with E-state index in [1.807, 2.05) is 18.3 Å². The molecule has 0 N–H and O–H groups in total. The lowest BCUT2D eigenvalue weighted by Gasteiger charge is -2.28. The summed E-state index contributed by atoms with van der Waals surface area (Å²) in [6.45, 7) is 15.3. The number of nitriles is 2. The molecule has 0 atom stereocenters. The van der Waals surface area contributed by atoms with Crippen LogP contribution in [0.5, 0.6) is 0 Å². The maximum Gasteiger partial charge on any atom is 0.137 e. The van der Waals surface area contributed by atoms with Crippen molar-refractivity contribution in [2.24, 2.45) is 0 Å². The van der Waals surface area contributed by atoms with E-state index in [0.717, 1.165) is 32.5 Å². The molecule has 0 spiro atoms. The van der Waals surface area contributed by atoms with Gasteiger partial charge < -0.3 is 0 Å². The number of aromatic nitrogens is 1. The monoisotopic (exact) mass is 514 g/mol. The van der Waals surface area contributed by atoms with E-state index < -0.39 is 0 Å². The zero-order chi connectivity index (χ0) is 27.4. The van der Waals surface area contributed by atoms with Crippen molar-refractivity contribution in [3.63, 3.8) is 0 Å². The Kier molecular flexibility index (Phi) is 6.22. The lowest BCUT2D eigenvalue weighted by molar-refractivity contribution is 0.661. The smallest absolute Gasteiger partial charge is 0.137 e. The zero-order valence-corrected chi connectivity index (χ0v) is 23.7. The highest BCUT2D eigenvalue weighted by molar-refractivity contribution is 7.16. The number of thiophene rings is 1. The summed E-state index contributed by atoms with van der Waals surface area (Å²) in [7, 11) is 0. The van der Waals surface area contributed by atoms with Crippen LogP contribution in [0.4, 0.5) is 17.2 Å². The molecule has 2 aromatic heterocycles. The van der Waals surface area contributed by atoms with Crippen LogP contribution in [0, 0.1) is 57.3 Å². The molecular formula is C33H30N4S. The van der Waals surface area contributed by atoms with Gasteiger partial charge >= 0.3 is 0 Å². The van der Waals surface area contributed by atoms with Crippen molar-refractivity contribution >= 4 is 34.6 Å². The fraction of sp³-hybridized carbons (Fsp3) is 0.242. The summed E-state index contributed by atoms with van der Waals surface area (Å²) in [6, 6.07) is 19.3. The Bertz CT molecular complexity index is 1680. The van der Waals surface area contributed by atoms with Gasteiger partial charge in [-0.3, -0.25) is 4.90 Å². The van der Waals surface area contributed by atoms with Crippen LogP contribution in [0.3, 0.4) is 0 Å². The third kappa shape index (κ3) is 4.10. The van der Waals surface area contributed by atoms with Crippen LogP contribution in [0.1, 0.15) is 57.7 Å². The molecule has 188 valence electrons. The topological polar surface area (TPSA) is 63.7 Å². The van der Waals surface area contributed by atoms with Crippen LogP contribution in [-0.2, 0) is 5.41 Å². The largest absolute Gasteiger partial charge is 0.295 e. The summed E-state index contributed by atoms with van der Waals surface area (Å²) >= 11 is 1.61. The van der Waals surface area contributed by atoms with Gasteiger partial charge in [-0.05, 0) is 116 Å². The van der Waals surface area contributed by atoms with Crippen molar-refractivity contribution < 1.29 is 0 Å². The average molecular weight is 515 g/mol.